The van der Waals surface area contributed by atoms with Gasteiger partial charge in [0.2, 0.25) is 0 Å². The van der Waals surface area contributed by atoms with Gasteiger partial charge in [-0.25, -0.2) is 0 Å². The molecule has 0 amide bonds. The first-order chi connectivity index (χ1) is 9.08. The molecule has 3 nitrogen and oxygen atoms in total. The zero-order chi connectivity index (χ0) is 13.9. The van der Waals surface area contributed by atoms with Gasteiger partial charge >= 0.3 is 0 Å². The molecule has 4 heteroatoms. The van der Waals surface area contributed by atoms with Crippen LogP contribution in [0.5, 0.6) is 0 Å². The molecule has 0 bridgehead atoms. The molecule has 2 aliphatic rings. The number of amidine groups is 1. The molecule has 2 rings (SSSR count). The maximum atomic E-state index is 4.83. The topological polar surface area (TPSA) is 27.6 Å². The van der Waals surface area contributed by atoms with E-state index in [-0.39, 0.29) is 0 Å². The third-order valence-electron chi connectivity index (χ3n) is 4.75. The summed E-state index contributed by atoms with van der Waals surface area (Å²) < 4.78 is 0. The lowest BCUT2D eigenvalue weighted by molar-refractivity contribution is 0.266. The van der Waals surface area contributed by atoms with Crippen LogP contribution in [0, 0.1) is 5.92 Å². The standard InChI is InChI=1S/C15H29N3S/c1-5-15(6-2)11-19-14(17-15)16-9-13-7-8-18(10-13)12(3)4/h12-13H,5-11H2,1-4H3,(H,16,17). The van der Waals surface area contributed by atoms with E-state index in [1.807, 2.05) is 11.8 Å². The molecule has 1 atom stereocenters. The molecule has 0 aromatic carbocycles. The van der Waals surface area contributed by atoms with Crippen molar-refractivity contribution in [3.8, 4) is 0 Å². The zero-order valence-electron chi connectivity index (χ0n) is 12.9. The Kier molecular flexibility index (Phi) is 5.18. The lowest BCUT2D eigenvalue weighted by Gasteiger charge is -2.25. The van der Waals surface area contributed by atoms with Gasteiger partial charge in [-0.15, -0.1) is 0 Å². The molecule has 2 aliphatic heterocycles. The fourth-order valence-electron chi connectivity index (χ4n) is 2.91. The molecule has 0 radical (unpaired) electrons. The average molecular weight is 283 g/mol. The van der Waals surface area contributed by atoms with Crippen LogP contribution < -0.4 is 5.32 Å². The van der Waals surface area contributed by atoms with Crippen LogP contribution in [0.1, 0.15) is 47.0 Å². The molecule has 2 heterocycles. The van der Waals surface area contributed by atoms with Crippen molar-refractivity contribution in [3.05, 3.63) is 0 Å². The highest BCUT2D eigenvalue weighted by atomic mass is 32.2. The highest BCUT2D eigenvalue weighted by Gasteiger charge is 2.34. The van der Waals surface area contributed by atoms with Gasteiger partial charge in [-0.1, -0.05) is 25.6 Å². The summed E-state index contributed by atoms with van der Waals surface area (Å²) >= 11 is 1.91. The summed E-state index contributed by atoms with van der Waals surface area (Å²) in [6.45, 7) is 12.6. The Labute approximate surface area is 122 Å². The van der Waals surface area contributed by atoms with Crippen molar-refractivity contribution >= 4 is 16.9 Å². The zero-order valence-corrected chi connectivity index (χ0v) is 13.7. The molecule has 0 spiro atoms. The third kappa shape index (κ3) is 3.66. The summed E-state index contributed by atoms with van der Waals surface area (Å²) in [5.41, 5.74) is 0.309. The number of nitrogens with zero attached hydrogens (tertiary/aromatic N) is 2. The second-order valence-corrected chi connectivity index (χ2v) is 7.25. The fraction of sp³-hybridized carbons (Fsp3) is 0.933. The van der Waals surface area contributed by atoms with Crippen LogP contribution >= 0.6 is 11.8 Å². The number of likely N-dealkylation sites (tertiary alicyclic amines) is 1. The van der Waals surface area contributed by atoms with Crippen LogP contribution in [0.2, 0.25) is 0 Å². The molecular formula is C15H29N3S. The minimum Gasteiger partial charge on any atom is -0.359 e. The molecule has 0 saturated carbocycles. The van der Waals surface area contributed by atoms with Gasteiger partial charge in [0.25, 0.3) is 0 Å². The number of nitrogens with one attached hydrogen (secondary N) is 1. The van der Waals surface area contributed by atoms with Gasteiger partial charge in [-0.3, -0.25) is 4.99 Å². The SMILES string of the molecule is CCC1(CC)CSC(=NCC2CCN(C(C)C)C2)N1. The molecule has 110 valence electrons. The van der Waals surface area contributed by atoms with Crippen molar-refractivity contribution in [2.24, 2.45) is 10.9 Å². The lowest BCUT2D eigenvalue weighted by Crippen LogP contribution is -2.42. The van der Waals surface area contributed by atoms with E-state index >= 15 is 0 Å². The van der Waals surface area contributed by atoms with Crippen molar-refractivity contribution < 1.29 is 0 Å². The Morgan fingerprint density at radius 2 is 2.16 bits per heavy atom. The summed E-state index contributed by atoms with van der Waals surface area (Å²) in [4.78, 5) is 7.40. The summed E-state index contributed by atoms with van der Waals surface area (Å²) in [6.07, 6.45) is 3.70. The fourth-order valence-corrected chi connectivity index (χ4v) is 4.26. The summed E-state index contributed by atoms with van der Waals surface area (Å²) in [7, 11) is 0. The van der Waals surface area contributed by atoms with Crippen molar-refractivity contribution in [1.29, 1.82) is 0 Å². The summed E-state index contributed by atoms with van der Waals surface area (Å²) in [6, 6.07) is 0.685. The maximum absolute atomic E-state index is 4.83. The van der Waals surface area contributed by atoms with Crippen molar-refractivity contribution in [3.63, 3.8) is 0 Å². The Morgan fingerprint density at radius 1 is 1.42 bits per heavy atom. The highest BCUT2D eigenvalue weighted by molar-refractivity contribution is 8.14. The Hall–Kier alpha value is -0.220. The third-order valence-corrected chi connectivity index (χ3v) is 5.95. The van der Waals surface area contributed by atoms with Gasteiger partial charge in [0.05, 0.1) is 0 Å². The highest BCUT2D eigenvalue weighted by Crippen LogP contribution is 2.29. The van der Waals surface area contributed by atoms with Crippen LogP contribution in [0.25, 0.3) is 0 Å². The van der Waals surface area contributed by atoms with E-state index in [1.165, 1.54) is 43.3 Å². The number of aliphatic imine (C=N–C) groups is 1. The van der Waals surface area contributed by atoms with E-state index < -0.39 is 0 Å². The maximum Gasteiger partial charge on any atom is 0.157 e. The first-order valence-electron chi connectivity index (χ1n) is 7.78. The smallest absolute Gasteiger partial charge is 0.157 e. The largest absolute Gasteiger partial charge is 0.359 e. The second-order valence-electron chi connectivity index (χ2n) is 6.29. The number of hydrogen-bond donors (Lipinski definition) is 1. The van der Waals surface area contributed by atoms with Crippen LogP contribution in [0.4, 0.5) is 0 Å². The van der Waals surface area contributed by atoms with E-state index in [2.05, 4.69) is 37.9 Å². The number of thioether (sulfide) groups is 1. The van der Waals surface area contributed by atoms with Gasteiger partial charge in [0.1, 0.15) is 0 Å². The van der Waals surface area contributed by atoms with E-state index in [4.69, 9.17) is 4.99 Å². The monoisotopic (exact) mass is 283 g/mol. The van der Waals surface area contributed by atoms with Gasteiger partial charge in [0, 0.05) is 30.4 Å². The Morgan fingerprint density at radius 3 is 2.68 bits per heavy atom. The average Bonchev–Trinajstić information content (AvgIpc) is 3.04. The molecule has 2 saturated heterocycles. The minimum atomic E-state index is 0.309. The van der Waals surface area contributed by atoms with Gasteiger partial charge in [-0.05, 0) is 45.6 Å². The van der Waals surface area contributed by atoms with Gasteiger partial charge in [0.15, 0.2) is 5.17 Å². The van der Waals surface area contributed by atoms with Crippen LogP contribution in [0.3, 0.4) is 0 Å². The van der Waals surface area contributed by atoms with Gasteiger partial charge in [-0.2, -0.15) is 0 Å². The molecule has 0 aromatic heterocycles. The van der Waals surface area contributed by atoms with Crippen molar-refractivity contribution in [1.82, 2.24) is 10.2 Å². The van der Waals surface area contributed by atoms with E-state index in [0.29, 0.717) is 11.6 Å². The number of hydrogen-bond acceptors (Lipinski definition) is 3. The number of rotatable bonds is 5. The van der Waals surface area contributed by atoms with E-state index in [9.17, 15) is 0 Å². The molecule has 1 N–H and O–H groups in total. The molecule has 19 heavy (non-hydrogen) atoms. The van der Waals surface area contributed by atoms with Crippen molar-refractivity contribution in [2.45, 2.75) is 58.5 Å². The quantitative estimate of drug-likeness (QED) is 0.840. The predicted molar refractivity (Wildman–Crippen MR) is 86.0 cm³/mol. The molecule has 1 unspecified atom stereocenters. The molecule has 0 aliphatic carbocycles. The van der Waals surface area contributed by atoms with Gasteiger partial charge < -0.3 is 10.2 Å². The summed E-state index contributed by atoms with van der Waals surface area (Å²) in [5, 5.41) is 4.85. The first kappa shape index (κ1) is 15.2. The minimum absolute atomic E-state index is 0.309. The van der Waals surface area contributed by atoms with E-state index in [0.717, 1.165) is 12.5 Å². The molecule has 2 fully saturated rings. The Bertz CT molecular complexity index is 323. The van der Waals surface area contributed by atoms with Crippen LogP contribution in [-0.2, 0) is 0 Å². The van der Waals surface area contributed by atoms with Crippen molar-refractivity contribution in [2.75, 3.05) is 25.4 Å². The van der Waals surface area contributed by atoms with Crippen LogP contribution in [-0.4, -0.2) is 47.0 Å². The summed E-state index contributed by atoms with van der Waals surface area (Å²) in [5.74, 6) is 1.94. The molecule has 0 aromatic rings. The van der Waals surface area contributed by atoms with Crippen LogP contribution in [0.15, 0.2) is 4.99 Å². The normalized spacial score (nSPS) is 29.3. The van der Waals surface area contributed by atoms with E-state index in [1.54, 1.807) is 0 Å². The molecular weight excluding hydrogens is 254 g/mol. The second kappa shape index (κ2) is 6.49. The predicted octanol–water partition coefficient (Wildman–Crippen LogP) is 2.97. The lowest BCUT2D eigenvalue weighted by atomic mass is 9.96. The Balaban J connectivity index is 1.81. The first-order valence-corrected chi connectivity index (χ1v) is 8.76.